The van der Waals surface area contributed by atoms with Gasteiger partial charge in [0.25, 0.3) is 0 Å². The summed E-state index contributed by atoms with van der Waals surface area (Å²) in [6.45, 7) is 7.43. The number of benzene rings is 1. The number of hydrogen-bond donors (Lipinski definition) is 1. The molecule has 5 nitrogen and oxygen atoms in total. The normalized spacial score (nSPS) is 18.5. The zero-order valence-corrected chi connectivity index (χ0v) is 19.0. The third kappa shape index (κ3) is 3.95. The molecule has 2 aromatic heterocycles. The van der Waals surface area contributed by atoms with E-state index in [-0.39, 0.29) is 17.9 Å². The van der Waals surface area contributed by atoms with Crippen molar-refractivity contribution in [3.05, 3.63) is 82.7 Å². The molecule has 1 aliphatic rings. The lowest BCUT2D eigenvalue weighted by Gasteiger charge is -2.28. The Morgan fingerprint density at radius 1 is 1.16 bits per heavy atom. The topological polar surface area (TPSA) is 42.3 Å². The molecule has 0 spiro atoms. The third-order valence-corrected chi connectivity index (χ3v) is 6.28. The van der Waals surface area contributed by atoms with Gasteiger partial charge in [-0.15, -0.1) is 0 Å². The molecule has 1 aliphatic heterocycles. The summed E-state index contributed by atoms with van der Waals surface area (Å²) in [7, 11) is 1.71. The maximum atomic E-state index is 14.0. The van der Waals surface area contributed by atoms with Gasteiger partial charge in [-0.05, 0) is 80.5 Å². The number of nitrogens with zero attached hydrogens (tertiary/aromatic N) is 3. The van der Waals surface area contributed by atoms with Crippen LogP contribution < -0.4 is 10.2 Å². The fourth-order valence-corrected chi connectivity index (χ4v) is 4.73. The highest BCUT2D eigenvalue weighted by atomic mass is 32.1. The van der Waals surface area contributed by atoms with Gasteiger partial charge in [0, 0.05) is 36.9 Å². The standard InChI is InChI=1S/C24H27FN4OS/c1-15-13-18(8-9-20(15)25)29-23(19-14-16(2)28(17(19)3)11-12-30-4)22(27-24(29)31)21-7-5-6-10-26-21/h5-10,13-14,22-23H,11-12H2,1-4H3,(H,27,31)/t22-,23+/m1/s1. The van der Waals surface area contributed by atoms with Gasteiger partial charge in [0.05, 0.1) is 24.4 Å². The van der Waals surface area contributed by atoms with Gasteiger partial charge in [-0.2, -0.15) is 0 Å². The highest BCUT2D eigenvalue weighted by Crippen LogP contribution is 2.43. The van der Waals surface area contributed by atoms with Crippen LogP contribution in [-0.2, 0) is 11.3 Å². The Kier molecular flexibility index (Phi) is 6.07. The molecule has 1 fully saturated rings. The molecular weight excluding hydrogens is 411 g/mol. The Morgan fingerprint density at radius 3 is 2.65 bits per heavy atom. The molecule has 0 radical (unpaired) electrons. The largest absolute Gasteiger partial charge is 0.383 e. The smallest absolute Gasteiger partial charge is 0.174 e. The third-order valence-electron chi connectivity index (χ3n) is 5.97. The first-order valence-corrected chi connectivity index (χ1v) is 10.8. The van der Waals surface area contributed by atoms with Crippen LogP contribution in [-0.4, -0.2) is 28.4 Å². The molecule has 0 bridgehead atoms. The van der Waals surface area contributed by atoms with Crippen LogP contribution in [0.5, 0.6) is 0 Å². The van der Waals surface area contributed by atoms with E-state index in [1.165, 1.54) is 11.6 Å². The monoisotopic (exact) mass is 438 g/mol. The molecular formula is C24H27FN4OS. The van der Waals surface area contributed by atoms with Crippen molar-refractivity contribution in [1.82, 2.24) is 14.9 Å². The molecule has 7 heteroatoms. The van der Waals surface area contributed by atoms with E-state index in [4.69, 9.17) is 17.0 Å². The van der Waals surface area contributed by atoms with Crippen LogP contribution in [0.3, 0.4) is 0 Å². The number of rotatable bonds is 6. The van der Waals surface area contributed by atoms with E-state index in [1.807, 2.05) is 24.3 Å². The second-order valence-electron chi connectivity index (χ2n) is 7.90. The second kappa shape index (κ2) is 8.77. The Labute approximate surface area is 187 Å². The zero-order valence-electron chi connectivity index (χ0n) is 18.2. The molecule has 3 aromatic rings. The highest BCUT2D eigenvalue weighted by Gasteiger charge is 2.42. The number of anilines is 1. The average Bonchev–Trinajstić information content (AvgIpc) is 3.25. The maximum Gasteiger partial charge on any atom is 0.174 e. The maximum absolute atomic E-state index is 14.0. The summed E-state index contributed by atoms with van der Waals surface area (Å²) in [5.74, 6) is -0.225. The molecule has 162 valence electrons. The van der Waals surface area contributed by atoms with E-state index < -0.39 is 0 Å². The zero-order chi connectivity index (χ0) is 22.1. The quantitative estimate of drug-likeness (QED) is 0.562. The number of aryl methyl sites for hydroxylation is 2. The van der Waals surface area contributed by atoms with E-state index in [9.17, 15) is 4.39 Å². The van der Waals surface area contributed by atoms with Crippen LogP contribution >= 0.6 is 12.2 Å². The molecule has 1 saturated heterocycles. The number of pyridine rings is 1. The molecule has 0 amide bonds. The molecule has 0 saturated carbocycles. The minimum Gasteiger partial charge on any atom is -0.383 e. The van der Waals surface area contributed by atoms with Gasteiger partial charge >= 0.3 is 0 Å². The predicted octanol–water partition coefficient (Wildman–Crippen LogP) is 4.77. The Balaban J connectivity index is 1.85. The first-order valence-electron chi connectivity index (χ1n) is 10.3. The predicted molar refractivity (Wildman–Crippen MR) is 125 cm³/mol. The van der Waals surface area contributed by atoms with Crippen molar-refractivity contribution in [2.45, 2.75) is 39.4 Å². The number of hydrogen-bond acceptors (Lipinski definition) is 3. The van der Waals surface area contributed by atoms with Gasteiger partial charge in [-0.25, -0.2) is 4.39 Å². The fourth-order valence-electron chi connectivity index (χ4n) is 4.38. The SMILES string of the molecule is COCCn1c(C)cc([C@H]2[C@@H](c3ccccn3)NC(=S)N2c2ccc(F)c(C)c2)c1C. The summed E-state index contributed by atoms with van der Waals surface area (Å²) in [6.07, 6.45) is 1.80. The molecule has 2 atom stereocenters. The molecule has 1 aromatic carbocycles. The Bertz CT molecular complexity index is 1100. The summed E-state index contributed by atoms with van der Waals surface area (Å²) >= 11 is 5.77. The number of nitrogens with one attached hydrogen (secondary N) is 1. The van der Waals surface area contributed by atoms with Crippen molar-refractivity contribution in [1.29, 1.82) is 0 Å². The van der Waals surface area contributed by atoms with Crippen molar-refractivity contribution in [3.63, 3.8) is 0 Å². The van der Waals surface area contributed by atoms with E-state index in [0.29, 0.717) is 17.3 Å². The fraction of sp³-hybridized carbons (Fsp3) is 0.333. The summed E-state index contributed by atoms with van der Waals surface area (Å²) in [4.78, 5) is 6.69. The number of aromatic nitrogens is 2. The molecule has 0 aliphatic carbocycles. The average molecular weight is 439 g/mol. The van der Waals surface area contributed by atoms with E-state index in [0.717, 1.165) is 29.3 Å². The number of thiocarbonyl (C=S) groups is 1. The van der Waals surface area contributed by atoms with Crippen molar-refractivity contribution >= 4 is 23.0 Å². The summed E-state index contributed by atoms with van der Waals surface area (Å²) in [5.41, 5.74) is 5.86. The Hall–Kier alpha value is -2.77. The minimum atomic E-state index is -0.225. The second-order valence-corrected chi connectivity index (χ2v) is 8.29. The first-order chi connectivity index (χ1) is 14.9. The lowest BCUT2D eigenvalue weighted by Crippen LogP contribution is -2.29. The summed E-state index contributed by atoms with van der Waals surface area (Å²) in [6, 6.07) is 13.0. The van der Waals surface area contributed by atoms with Crippen LogP contribution in [0.1, 0.15) is 40.3 Å². The summed E-state index contributed by atoms with van der Waals surface area (Å²) in [5, 5.41) is 4.07. The van der Waals surface area contributed by atoms with Crippen LogP contribution in [0.15, 0.2) is 48.7 Å². The lowest BCUT2D eigenvalue weighted by molar-refractivity contribution is 0.186. The first kappa shape index (κ1) is 21.5. The van der Waals surface area contributed by atoms with Gasteiger partial charge in [0.2, 0.25) is 0 Å². The van der Waals surface area contributed by atoms with Gasteiger partial charge in [-0.3, -0.25) is 4.98 Å². The molecule has 0 unspecified atom stereocenters. The summed E-state index contributed by atoms with van der Waals surface area (Å²) < 4.78 is 21.6. The van der Waals surface area contributed by atoms with Crippen molar-refractivity contribution < 1.29 is 9.13 Å². The van der Waals surface area contributed by atoms with Crippen LogP contribution in [0.4, 0.5) is 10.1 Å². The van der Waals surface area contributed by atoms with Gasteiger partial charge < -0.3 is 19.5 Å². The molecule has 1 N–H and O–H groups in total. The van der Waals surface area contributed by atoms with Gasteiger partial charge in [-0.1, -0.05) is 6.07 Å². The number of ether oxygens (including phenoxy) is 1. The van der Waals surface area contributed by atoms with Gasteiger partial charge in [0.1, 0.15) is 5.82 Å². The number of halogens is 1. The lowest BCUT2D eigenvalue weighted by atomic mass is 9.96. The van der Waals surface area contributed by atoms with E-state index >= 15 is 0 Å². The van der Waals surface area contributed by atoms with Crippen LogP contribution in [0.25, 0.3) is 0 Å². The number of methoxy groups -OCH3 is 1. The van der Waals surface area contributed by atoms with E-state index in [1.54, 1.807) is 26.3 Å². The molecule has 31 heavy (non-hydrogen) atoms. The molecule has 3 heterocycles. The van der Waals surface area contributed by atoms with Crippen molar-refractivity contribution in [2.75, 3.05) is 18.6 Å². The van der Waals surface area contributed by atoms with Crippen molar-refractivity contribution in [3.8, 4) is 0 Å². The van der Waals surface area contributed by atoms with Crippen LogP contribution in [0.2, 0.25) is 0 Å². The van der Waals surface area contributed by atoms with Crippen molar-refractivity contribution in [2.24, 2.45) is 0 Å². The van der Waals surface area contributed by atoms with E-state index in [2.05, 4.69) is 39.7 Å². The van der Waals surface area contributed by atoms with Crippen LogP contribution in [0, 0.1) is 26.6 Å². The molecule has 4 rings (SSSR count). The van der Waals surface area contributed by atoms with Gasteiger partial charge in [0.15, 0.2) is 5.11 Å². The Morgan fingerprint density at radius 2 is 1.97 bits per heavy atom. The highest BCUT2D eigenvalue weighted by molar-refractivity contribution is 7.80. The minimum absolute atomic E-state index is 0.116.